The number of benzene rings is 1. The number of carbonyl (C=O) groups excluding carboxylic acids is 2. The van der Waals surface area contributed by atoms with E-state index in [-0.39, 0.29) is 17.9 Å². The molecular weight excluding hydrogens is 244 g/mol. The summed E-state index contributed by atoms with van der Waals surface area (Å²) in [5, 5.41) is 0. The summed E-state index contributed by atoms with van der Waals surface area (Å²) in [6.07, 6.45) is 7.47. The Morgan fingerprint density at radius 3 is 2.47 bits per heavy atom. The molecule has 4 heteroatoms. The molecule has 1 fully saturated rings. The van der Waals surface area contributed by atoms with E-state index in [9.17, 15) is 9.59 Å². The lowest BCUT2D eigenvalue weighted by atomic mass is 10.1. The quantitative estimate of drug-likeness (QED) is 0.612. The number of hydrogen-bond acceptors (Lipinski definition) is 4. The highest BCUT2D eigenvalue weighted by molar-refractivity contribution is 5.93. The first-order valence-corrected chi connectivity index (χ1v) is 5.82. The number of para-hydroxylation sites is 1. The lowest BCUT2D eigenvalue weighted by molar-refractivity contribution is -0.131. The van der Waals surface area contributed by atoms with E-state index in [1.54, 1.807) is 24.3 Å². The normalized spacial score (nSPS) is 15.2. The standard InChI is InChI=1S/C15H13O4/c1-11(16)19-14-9-5-4-8-13(14)15(17)18-10-12-6-2-3-7-12/h2-9H,10H2,1H3. The Bertz CT molecular complexity index is 461. The fraction of sp³-hybridized carbons (Fsp3) is 0.133. The van der Waals surface area contributed by atoms with Crippen molar-refractivity contribution in [2.75, 3.05) is 6.61 Å². The highest BCUT2D eigenvalue weighted by Gasteiger charge is 2.20. The molecule has 19 heavy (non-hydrogen) atoms. The molecule has 0 N–H and O–H groups in total. The van der Waals surface area contributed by atoms with Crippen LogP contribution < -0.4 is 4.74 Å². The molecule has 0 saturated heterocycles. The Hall–Kier alpha value is -1.84. The second-order valence-corrected chi connectivity index (χ2v) is 3.96. The maximum atomic E-state index is 11.9. The molecule has 5 radical (unpaired) electrons. The van der Waals surface area contributed by atoms with E-state index in [1.807, 2.05) is 25.7 Å². The first-order valence-electron chi connectivity index (χ1n) is 5.82. The van der Waals surface area contributed by atoms with Gasteiger partial charge in [0.25, 0.3) is 0 Å². The van der Waals surface area contributed by atoms with Gasteiger partial charge in [0.1, 0.15) is 11.3 Å². The van der Waals surface area contributed by atoms with Gasteiger partial charge in [-0.25, -0.2) is 4.79 Å². The first-order chi connectivity index (χ1) is 9.16. The predicted octanol–water partition coefficient (Wildman–Crippen LogP) is 2.17. The third-order valence-corrected chi connectivity index (χ3v) is 2.46. The molecule has 4 nitrogen and oxygen atoms in total. The van der Waals surface area contributed by atoms with Gasteiger partial charge in [-0.3, -0.25) is 4.79 Å². The van der Waals surface area contributed by atoms with Crippen molar-refractivity contribution in [3.63, 3.8) is 0 Å². The summed E-state index contributed by atoms with van der Waals surface area (Å²) in [7, 11) is 0. The predicted molar refractivity (Wildman–Crippen MR) is 68.5 cm³/mol. The highest BCUT2D eigenvalue weighted by atomic mass is 16.5. The molecule has 0 spiro atoms. The average molecular weight is 257 g/mol. The maximum absolute atomic E-state index is 11.9. The van der Waals surface area contributed by atoms with E-state index in [4.69, 9.17) is 9.47 Å². The number of carbonyl (C=O) groups is 2. The van der Waals surface area contributed by atoms with Crippen LogP contribution in [0.2, 0.25) is 0 Å². The Balaban J connectivity index is 1.99. The zero-order valence-electron chi connectivity index (χ0n) is 10.5. The van der Waals surface area contributed by atoms with Crippen LogP contribution in [0.15, 0.2) is 24.3 Å². The summed E-state index contributed by atoms with van der Waals surface area (Å²) in [5.74, 6) is 0.134. The summed E-state index contributed by atoms with van der Waals surface area (Å²) in [4.78, 5) is 22.9. The van der Waals surface area contributed by atoms with Gasteiger partial charge in [-0.2, -0.15) is 0 Å². The molecule has 0 atom stereocenters. The minimum Gasteiger partial charge on any atom is -0.461 e. The SMILES string of the molecule is CC(=O)Oc1ccccc1C(=O)OC[C]1[CH][CH][CH][CH]1. The molecule has 97 valence electrons. The fourth-order valence-corrected chi connectivity index (χ4v) is 1.62. The minimum absolute atomic E-state index is 0.195. The molecule has 0 heterocycles. The molecule has 0 unspecified atom stereocenters. The van der Waals surface area contributed by atoms with Gasteiger partial charge in [0.15, 0.2) is 0 Å². The third-order valence-electron chi connectivity index (χ3n) is 2.46. The number of hydrogen-bond donors (Lipinski definition) is 0. The van der Waals surface area contributed by atoms with Gasteiger partial charge in [-0.15, -0.1) is 0 Å². The second-order valence-electron chi connectivity index (χ2n) is 3.96. The lowest BCUT2D eigenvalue weighted by Gasteiger charge is -2.11. The molecule has 0 aliphatic heterocycles. The van der Waals surface area contributed by atoms with Crippen molar-refractivity contribution in [2.45, 2.75) is 6.92 Å². The molecule has 1 saturated carbocycles. The van der Waals surface area contributed by atoms with Crippen molar-refractivity contribution in [1.29, 1.82) is 0 Å². The number of esters is 2. The van der Waals surface area contributed by atoms with Crippen LogP contribution in [0.1, 0.15) is 17.3 Å². The van der Waals surface area contributed by atoms with Crippen molar-refractivity contribution in [1.82, 2.24) is 0 Å². The maximum Gasteiger partial charge on any atom is 0.341 e. The minimum atomic E-state index is -0.516. The van der Waals surface area contributed by atoms with Crippen LogP contribution in [0.4, 0.5) is 0 Å². The molecule has 2 rings (SSSR count). The summed E-state index contributed by atoms with van der Waals surface area (Å²) < 4.78 is 10.1. The van der Waals surface area contributed by atoms with E-state index in [2.05, 4.69) is 0 Å². The summed E-state index contributed by atoms with van der Waals surface area (Å²) in [5.41, 5.74) is 0.240. The smallest absolute Gasteiger partial charge is 0.341 e. The van der Waals surface area contributed by atoms with Gasteiger partial charge in [0.2, 0.25) is 0 Å². The highest BCUT2D eigenvalue weighted by Crippen LogP contribution is 2.24. The number of rotatable bonds is 4. The Labute approximate surface area is 112 Å². The number of ether oxygens (including phenoxy) is 2. The van der Waals surface area contributed by atoms with E-state index in [0.717, 1.165) is 5.92 Å². The molecule has 0 amide bonds. The van der Waals surface area contributed by atoms with E-state index < -0.39 is 11.9 Å². The fourth-order valence-electron chi connectivity index (χ4n) is 1.62. The van der Waals surface area contributed by atoms with Gasteiger partial charge in [-0.05, 0) is 37.8 Å². The first kappa shape index (κ1) is 13.6. The largest absolute Gasteiger partial charge is 0.461 e. The Morgan fingerprint density at radius 1 is 1.11 bits per heavy atom. The van der Waals surface area contributed by atoms with Gasteiger partial charge >= 0.3 is 11.9 Å². The van der Waals surface area contributed by atoms with E-state index in [0.29, 0.717) is 0 Å². The Kier molecular flexibility index (Phi) is 4.55. The molecule has 1 aromatic carbocycles. The molecule has 1 aliphatic rings. The zero-order valence-corrected chi connectivity index (χ0v) is 10.5. The van der Waals surface area contributed by atoms with Crippen molar-refractivity contribution >= 4 is 11.9 Å². The summed E-state index contributed by atoms with van der Waals surface area (Å²) >= 11 is 0. The second kappa shape index (κ2) is 6.36. The van der Waals surface area contributed by atoms with Crippen LogP contribution in [0.5, 0.6) is 5.75 Å². The molecule has 0 bridgehead atoms. The zero-order chi connectivity index (χ0) is 13.7. The monoisotopic (exact) mass is 257 g/mol. The summed E-state index contributed by atoms with van der Waals surface area (Å²) in [6, 6.07) is 6.49. The van der Waals surface area contributed by atoms with Gasteiger partial charge in [0.05, 0.1) is 6.61 Å². The Morgan fingerprint density at radius 2 is 1.79 bits per heavy atom. The van der Waals surface area contributed by atoms with E-state index in [1.165, 1.54) is 6.92 Å². The van der Waals surface area contributed by atoms with Crippen molar-refractivity contribution in [3.8, 4) is 5.75 Å². The van der Waals surface area contributed by atoms with Crippen LogP contribution in [-0.4, -0.2) is 18.5 Å². The van der Waals surface area contributed by atoms with Crippen LogP contribution in [0.25, 0.3) is 0 Å². The van der Waals surface area contributed by atoms with E-state index >= 15 is 0 Å². The van der Waals surface area contributed by atoms with Gasteiger partial charge < -0.3 is 9.47 Å². The van der Waals surface area contributed by atoms with Crippen molar-refractivity contribution < 1.29 is 19.1 Å². The van der Waals surface area contributed by atoms with Gasteiger partial charge in [-0.1, -0.05) is 12.1 Å². The summed E-state index contributed by atoms with van der Waals surface area (Å²) in [6.45, 7) is 1.48. The van der Waals surface area contributed by atoms with Gasteiger partial charge in [0, 0.05) is 12.8 Å². The van der Waals surface area contributed by atoms with Crippen molar-refractivity contribution in [3.05, 3.63) is 61.4 Å². The molecule has 1 aliphatic carbocycles. The van der Waals surface area contributed by atoms with Crippen molar-refractivity contribution in [2.24, 2.45) is 0 Å². The van der Waals surface area contributed by atoms with Crippen LogP contribution in [-0.2, 0) is 9.53 Å². The topological polar surface area (TPSA) is 52.6 Å². The van der Waals surface area contributed by atoms with Crippen LogP contribution in [0.3, 0.4) is 0 Å². The average Bonchev–Trinajstić information content (AvgIpc) is 2.89. The molecule has 0 aromatic heterocycles. The lowest BCUT2D eigenvalue weighted by Crippen LogP contribution is -2.13. The molecular formula is C15H13O4. The van der Waals surface area contributed by atoms with Crippen LogP contribution >= 0.6 is 0 Å². The van der Waals surface area contributed by atoms with Crippen LogP contribution in [0, 0.1) is 31.6 Å². The third kappa shape index (κ3) is 3.81. The molecule has 1 aromatic rings.